The molecule has 4 atom stereocenters. The standard InChI is InChI=1S/C20H18O10/c21-9-4-12(23)10-6-16(30-20-18(27)17(26)14(25)7-28-20)19(29-15(10)5-9)8-1-2-11(22)13(24)3-8/h1-6,14,17-18,20,25-27H,7H2,(H3-,21,22,23,24)/p+1/t14-,17-,18+,20-/m1/s1. The van der Waals surface area contributed by atoms with Crippen LogP contribution in [0.5, 0.6) is 28.7 Å². The summed E-state index contributed by atoms with van der Waals surface area (Å²) in [7, 11) is 0. The Morgan fingerprint density at radius 3 is 2.37 bits per heavy atom. The summed E-state index contributed by atoms with van der Waals surface area (Å²) >= 11 is 0. The lowest BCUT2D eigenvalue weighted by atomic mass is 10.1. The zero-order valence-electron chi connectivity index (χ0n) is 15.3. The summed E-state index contributed by atoms with van der Waals surface area (Å²) in [4.78, 5) is 0. The van der Waals surface area contributed by atoms with Crippen LogP contribution >= 0.6 is 0 Å². The Hall–Kier alpha value is -3.31. The van der Waals surface area contributed by atoms with Gasteiger partial charge in [0.2, 0.25) is 12.0 Å². The van der Waals surface area contributed by atoms with Crippen molar-refractivity contribution in [2.75, 3.05) is 6.61 Å². The molecule has 0 saturated carbocycles. The largest absolute Gasteiger partial charge is 0.507 e. The van der Waals surface area contributed by atoms with Gasteiger partial charge in [0, 0.05) is 18.2 Å². The second-order valence-electron chi connectivity index (χ2n) is 6.89. The maximum atomic E-state index is 10.2. The molecule has 7 N–H and O–H groups in total. The lowest BCUT2D eigenvalue weighted by Gasteiger charge is -2.34. The van der Waals surface area contributed by atoms with Crippen molar-refractivity contribution in [1.82, 2.24) is 0 Å². The number of aliphatic hydroxyl groups excluding tert-OH is 3. The predicted octanol–water partition coefficient (Wildman–Crippen LogP) is 1.02. The summed E-state index contributed by atoms with van der Waals surface area (Å²) in [6.45, 7) is -0.290. The quantitative estimate of drug-likeness (QED) is 0.240. The lowest BCUT2D eigenvalue weighted by Crippen LogP contribution is -2.54. The van der Waals surface area contributed by atoms with Gasteiger partial charge in [0.05, 0.1) is 18.2 Å². The van der Waals surface area contributed by atoms with Crippen molar-refractivity contribution < 1.29 is 49.6 Å². The summed E-state index contributed by atoms with van der Waals surface area (Å²) in [5, 5.41) is 69.1. The molecule has 158 valence electrons. The van der Waals surface area contributed by atoms with Gasteiger partial charge in [-0.2, -0.15) is 0 Å². The van der Waals surface area contributed by atoms with Crippen LogP contribution in [-0.2, 0) is 4.74 Å². The van der Waals surface area contributed by atoms with E-state index in [0.29, 0.717) is 0 Å². The van der Waals surface area contributed by atoms with Crippen LogP contribution in [0.15, 0.2) is 40.8 Å². The van der Waals surface area contributed by atoms with Crippen molar-refractivity contribution in [3.8, 4) is 40.1 Å². The van der Waals surface area contributed by atoms with Crippen molar-refractivity contribution in [3.05, 3.63) is 36.4 Å². The molecule has 1 aliphatic rings. The van der Waals surface area contributed by atoms with E-state index in [1.807, 2.05) is 0 Å². The Balaban J connectivity index is 1.84. The van der Waals surface area contributed by atoms with Crippen molar-refractivity contribution in [2.45, 2.75) is 24.6 Å². The van der Waals surface area contributed by atoms with Crippen LogP contribution < -0.4 is 4.74 Å². The van der Waals surface area contributed by atoms with E-state index in [-0.39, 0.29) is 51.9 Å². The van der Waals surface area contributed by atoms with Crippen LogP contribution in [0.25, 0.3) is 22.3 Å². The number of hydrogen-bond donors (Lipinski definition) is 7. The highest BCUT2D eigenvalue weighted by Gasteiger charge is 2.40. The van der Waals surface area contributed by atoms with Gasteiger partial charge < -0.3 is 45.2 Å². The van der Waals surface area contributed by atoms with Crippen LogP contribution in [0.1, 0.15) is 0 Å². The number of phenols is 4. The van der Waals surface area contributed by atoms with Crippen molar-refractivity contribution >= 4 is 11.0 Å². The van der Waals surface area contributed by atoms with Gasteiger partial charge >= 0.3 is 11.3 Å². The van der Waals surface area contributed by atoms with E-state index in [1.165, 1.54) is 30.3 Å². The molecule has 3 aromatic rings. The van der Waals surface area contributed by atoms with E-state index in [0.717, 1.165) is 6.07 Å². The monoisotopic (exact) mass is 419 g/mol. The number of aliphatic hydroxyl groups is 3. The zero-order chi connectivity index (χ0) is 21.6. The highest BCUT2D eigenvalue weighted by Crippen LogP contribution is 2.41. The highest BCUT2D eigenvalue weighted by molar-refractivity contribution is 5.88. The van der Waals surface area contributed by atoms with E-state index >= 15 is 0 Å². The topological polar surface area (TPSA) is 171 Å². The predicted molar refractivity (Wildman–Crippen MR) is 101 cm³/mol. The number of fused-ring (bicyclic) bond motifs is 1. The maximum absolute atomic E-state index is 10.2. The number of benzene rings is 2. The first-order chi connectivity index (χ1) is 14.2. The molecular formula is C20H19O10+. The molecule has 0 radical (unpaired) electrons. The van der Waals surface area contributed by atoms with Crippen LogP contribution in [0, 0.1) is 0 Å². The molecule has 0 bridgehead atoms. The van der Waals surface area contributed by atoms with Gasteiger partial charge in [0.15, 0.2) is 11.5 Å². The van der Waals surface area contributed by atoms with Gasteiger partial charge in [0.25, 0.3) is 0 Å². The van der Waals surface area contributed by atoms with Gasteiger partial charge in [-0.05, 0) is 12.1 Å². The molecule has 10 nitrogen and oxygen atoms in total. The fraction of sp³-hybridized carbons (Fsp3) is 0.250. The molecule has 0 amide bonds. The van der Waals surface area contributed by atoms with Gasteiger partial charge in [-0.3, -0.25) is 0 Å². The average molecular weight is 419 g/mol. The molecule has 30 heavy (non-hydrogen) atoms. The summed E-state index contributed by atoms with van der Waals surface area (Å²) in [5.74, 6) is -1.37. The molecule has 2 aromatic carbocycles. The lowest BCUT2D eigenvalue weighted by molar-refractivity contribution is -0.242. The first-order valence-electron chi connectivity index (χ1n) is 8.92. The number of aromatic hydroxyl groups is 4. The third kappa shape index (κ3) is 3.53. The van der Waals surface area contributed by atoms with E-state index in [9.17, 15) is 35.7 Å². The second-order valence-corrected chi connectivity index (χ2v) is 6.89. The molecular weight excluding hydrogens is 400 g/mol. The summed E-state index contributed by atoms with van der Waals surface area (Å²) in [6.07, 6.45) is -5.76. The molecule has 0 unspecified atom stereocenters. The summed E-state index contributed by atoms with van der Waals surface area (Å²) in [6, 6.07) is 7.56. The summed E-state index contributed by atoms with van der Waals surface area (Å²) < 4.78 is 16.7. The molecule has 4 rings (SSSR count). The molecule has 1 saturated heterocycles. The molecule has 10 heteroatoms. The Kier molecular flexibility index (Phi) is 5.00. The minimum absolute atomic E-state index is 0.0132. The van der Waals surface area contributed by atoms with E-state index in [1.54, 1.807) is 0 Å². The molecule has 1 aliphatic heterocycles. The molecule has 1 aromatic heterocycles. The van der Waals surface area contributed by atoms with E-state index < -0.39 is 30.4 Å². The van der Waals surface area contributed by atoms with E-state index in [4.69, 9.17) is 13.9 Å². The van der Waals surface area contributed by atoms with Crippen LogP contribution in [-0.4, -0.2) is 67.0 Å². The fourth-order valence-corrected chi connectivity index (χ4v) is 3.15. The highest BCUT2D eigenvalue weighted by atomic mass is 16.7. The molecule has 0 spiro atoms. The fourth-order valence-electron chi connectivity index (χ4n) is 3.15. The van der Waals surface area contributed by atoms with Crippen LogP contribution in [0.4, 0.5) is 0 Å². The number of hydrogen-bond acceptors (Lipinski definition) is 9. The van der Waals surface area contributed by atoms with Crippen molar-refractivity contribution in [3.63, 3.8) is 0 Å². The van der Waals surface area contributed by atoms with Gasteiger partial charge in [-0.25, -0.2) is 4.42 Å². The first kappa shape index (κ1) is 20.0. The third-order valence-electron chi connectivity index (χ3n) is 4.75. The minimum Gasteiger partial charge on any atom is -0.507 e. The zero-order valence-corrected chi connectivity index (χ0v) is 15.3. The van der Waals surface area contributed by atoms with Crippen LogP contribution in [0.3, 0.4) is 0 Å². The Bertz CT molecular complexity index is 1100. The number of rotatable bonds is 3. The Morgan fingerprint density at radius 1 is 0.867 bits per heavy atom. The Labute approximate surface area is 169 Å². The Morgan fingerprint density at radius 2 is 1.63 bits per heavy atom. The number of phenolic OH excluding ortho intramolecular Hbond substituents is 4. The third-order valence-corrected chi connectivity index (χ3v) is 4.75. The average Bonchev–Trinajstić information content (AvgIpc) is 2.70. The van der Waals surface area contributed by atoms with Crippen molar-refractivity contribution in [1.29, 1.82) is 0 Å². The number of ether oxygens (including phenoxy) is 2. The second kappa shape index (κ2) is 7.50. The molecule has 0 aliphatic carbocycles. The van der Waals surface area contributed by atoms with E-state index in [2.05, 4.69) is 0 Å². The maximum Gasteiger partial charge on any atom is 0.402 e. The van der Waals surface area contributed by atoms with Crippen molar-refractivity contribution in [2.24, 2.45) is 0 Å². The normalized spacial score (nSPS) is 24.1. The first-order valence-corrected chi connectivity index (χ1v) is 8.92. The minimum atomic E-state index is -1.58. The van der Waals surface area contributed by atoms with Gasteiger partial charge in [-0.15, -0.1) is 0 Å². The SMILES string of the molecule is Oc1cc(O)c2cc(O[C@H]3OC[C@@H](O)[C@@H](O)[C@@H]3O)c(-c3ccc(O)c(O)c3)[o+]c2c1. The smallest absolute Gasteiger partial charge is 0.402 e. The van der Waals surface area contributed by atoms with Crippen LogP contribution in [0.2, 0.25) is 0 Å². The molecule has 2 heterocycles. The summed E-state index contributed by atoms with van der Waals surface area (Å²) in [5.41, 5.74) is 0.346. The van der Waals surface area contributed by atoms with Gasteiger partial charge in [-0.1, -0.05) is 0 Å². The molecule has 1 fully saturated rings. The van der Waals surface area contributed by atoms with Gasteiger partial charge in [0.1, 0.15) is 35.2 Å².